The van der Waals surface area contributed by atoms with Crippen LogP contribution in [0.25, 0.3) is 0 Å². The number of aromatic hydroxyl groups is 1. The zero-order chi connectivity index (χ0) is 9.84. The first-order chi connectivity index (χ1) is 6.20. The summed E-state index contributed by atoms with van der Waals surface area (Å²) in [6.07, 6.45) is 0.719. The van der Waals surface area contributed by atoms with Gasteiger partial charge in [0.05, 0.1) is 5.56 Å². The van der Waals surface area contributed by atoms with Gasteiger partial charge in [0.1, 0.15) is 5.75 Å². The smallest absolute Gasteiger partial charge is 0.254 e. The first-order valence-electron chi connectivity index (χ1n) is 4.23. The number of hydrogen-bond donors (Lipinski definition) is 2. The molecule has 0 bridgehead atoms. The van der Waals surface area contributed by atoms with E-state index in [9.17, 15) is 9.90 Å². The monoisotopic (exact) mass is 179 g/mol. The Kier molecular flexibility index (Phi) is 2.90. The number of phenolic OH excluding ortho intramolecular Hbond substituents is 1. The quantitative estimate of drug-likeness (QED) is 0.719. The molecule has 0 spiro atoms. The van der Waals surface area contributed by atoms with Crippen molar-refractivity contribution in [2.24, 2.45) is 0 Å². The predicted octanol–water partition coefficient (Wildman–Crippen LogP) is 1.31. The van der Waals surface area contributed by atoms with E-state index in [2.05, 4.69) is 5.32 Å². The maximum absolute atomic E-state index is 11.2. The summed E-state index contributed by atoms with van der Waals surface area (Å²) in [7, 11) is 1.54. The van der Waals surface area contributed by atoms with E-state index >= 15 is 0 Å². The molecule has 70 valence electrons. The number of rotatable bonds is 2. The number of phenols is 1. The molecule has 0 aliphatic rings. The van der Waals surface area contributed by atoms with Gasteiger partial charge in [0.25, 0.3) is 5.91 Å². The Morgan fingerprint density at radius 1 is 1.54 bits per heavy atom. The van der Waals surface area contributed by atoms with Gasteiger partial charge in [0.15, 0.2) is 0 Å². The van der Waals surface area contributed by atoms with Crippen LogP contribution in [0.2, 0.25) is 0 Å². The van der Waals surface area contributed by atoms with Crippen molar-refractivity contribution in [3.8, 4) is 5.75 Å². The van der Waals surface area contributed by atoms with Crippen LogP contribution in [0, 0.1) is 0 Å². The zero-order valence-corrected chi connectivity index (χ0v) is 7.79. The molecule has 13 heavy (non-hydrogen) atoms. The summed E-state index contributed by atoms with van der Waals surface area (Å²) < 4.78 is 0. The van der Waals surface area contributed by atoms with Gasteiger partial charge >= 0.3 is 0 Å². The molecule has 0 aliphatic heterocycles. The van der Waals surface area contributed by atoms with E-state index in [1.54, 1.807) is 19.2 Å². The summed E-state index contributed by atoms with van der Waals surface area (Å²) in [5.41, 5.74) is 1.13. The Morgan fingerprint density at radius 3 is 2.77 bits per heavy atom. The van der Waals surface area contributed by atoms with E-state index in [0.717, 1.165) is 12.0 Å². The molecule has 0 radical (unpaired) electrons. The van der Waals surface area contributed by atoms with E-state index in [0.29, 0.717) is 5.56 Å². The highest BCUT2D eigenvalue weighted by Crippen LogP contribution is 2.22. The maximum atomic E-state index is 11.2. The fourth-order valence-electron chi connectivity index (χ4n) is 1.19. The lowest BCUT2D eigenvalue weighted by Crippen LogP contribution is -2.18. The van der Waals surface area contributed by atoms with Crippen molar-refractivity contribution < 1.29 is 9.90 Å². The fraction of sp³-hybridized carbons (Fsp3) is 0.300. The van der Waals surface area contributed by atoms with Crippen molar-refractivity contribution in [1.29, 1.82) is 0 Å². The summed E-state index contributed by atoms with van der Waals surface area (Å²) in [4.78, 5) is 11.2. The van der Waals surface area contributed by atoms with E-state index < -0.39 is 0 Å². The van der Waals surface area contributed by atoms with Gasteiger partial charge in [-0.05, 0) is 18.1 Å². The number of aryl methyl sites for hydroxylation is 1. The van der Waals surface area contributed by atoms with Crippen LogP contribution in [0.1, 0.15) is 22.8 Å². The third kappa shape index (κ3) is 1.80. The van der Waals surface area contributed by atoms with Crippen LogP contribution in [0.15, 0.2) is 18.2 Å². The SMILES string of the molecule is CCc1cccc(C(=O)NC)c1O. The molecule has 0 saturated heterocycles. The van der Waals surface area contributed by atoms with E-state index in [1.165, 1.54) is 0 Å². The average molecular weight is 179 g/mol. The topological polar surface area (TPSA) is 49.3 Å². The van der Waals surface area contributed by atoms with Crippen LogP contribution in [-0.4, -0.2) is 18.1 Å². The molecular weight excluding hydrogens is 166 g/mol. The lowest BCUT2D eigenvalue weighted by atomic mass is 10.1. The first kappa shape index (κ1) is 9.58. The van der Waals surface area contributed by atoms with Crippen molar-refractivity contribution >= 4 is 5.91 Å². The van der Waals surface area contributed by atoms with Gasteiger partial charge in [-0.3, -0.25) is 4.79 Å². The molecular formula is C10H13NO2. The Morgan fingerprint density at radius 2 is 2.23 bits per heavy atom. The molecule has 3 nitrogen and oxygen atoms in total. The normalized spacial score (nSPS) is 9.69. The molecule has 2 N–H and O–H groups in total. The Hall–Kier alpha value is -1.51. The highest BCUT2D eigenvalue weighted by Gasteiger charge is 2.10. The summed E-state index contributed by atoms with van der Waals surface area (Å²) in [6.45, 7) is 1.93. The largest absolute Gasteiger partial charge is 0.507 e. The van der Waals surface area contributed by atoms with Crippen LogP contribution in [0.4, 0.5) is 0 Å². The minimum atomic E-state index is -0.257. The highest BCUT2D eigenvalue weighted by molar-refractivity contribution is 5.96. The second kappa shape index (κ2) is 3.94. The second-order valence-electron chi connectivity index (χ2n) is 2.75. The highest BCUT2D eigenvalue weighted by atomic mass is 16.3. The number of para-hydroxylation sites is 1. The fourth-order valence-corrected chi connectivity index (χ4v) is 1.19. The van der Waals surface area contributed by atoms with Gasteiger partial charge in [0.2, 0.25) is 0 Å². The maximum Gasteiger partial charge on any atom is 0.254 e. The van der Waals surface area contributed by atoms with Crippen LogP contribution in [-0.2, 0) is 6.42 Å². The van der Waals surface area contributed by atoms with Crippen LogP contribution >= 0.6 is 0 Å². The minimum Gasteiger partial charge on any atom is -0.507 e. The standard InChI is InChI=1S/C10H13NO2/c1-3-7-5-4-6-8(9(7)12)10(13)11-2/h4-6,12H,3H2,1-2H3,(H,11,13). The molecule has 0 saturated carbocycles. The predicted molar refractivity (Wildman–Crippen MR) is 50.9 cm³/mol. The zero-order valence-electron chi connectivity index (χ0n) is 7.79. The van der Waals surface area contributed by atoms with Gasteiger partial charge in [-0.15, -0.1) is 0 Å². The summed E-state index contributed by atoms with van der Waals surface area (Å²) >= 11 is 0. The minimum absolute atomic E-state index is 0.0874. The summed E-state index contributed by atoms with van der Waals surface area (Å²) in [6, 6.07) is 5.18. The van der Waals surface area contributed by atoms with Gasteiger partial charge in [0, 0.05) is 7.05 Å². The Bertz CT molecular complexity index is 321. The molecule has 0 fully saturated rings. The number of carbonyl (C=O) groups is 1. The molecule has 0 atom stereocenters. The van der Waals surface area contributed by atoms with Gasteiger partial charge in [-0.1, -0.05) is 19.1 Å². The van der Waals surface area contributed by atoms with Crippen LogP contribution < -0.4 is 5.32 Å². The number of amides is 1. The molecule has 1 amide bonds. The first-order valence-corrected chi connectivity index (χ1v) is 4.23. The molecule has 1 aromatic rings. The molecule has 0 aliphatic carbocycles. The van der Waals surface area contributed by atoms with Crippen molar-refractivity contribution in [3.05, 3.63) is 29.3 Å². The number of nitrogens with one attached hydrogen (secondary N) is 1. The van der Waals surface area contributed by atoms with Crippen molar-refractivity contribution in [1.82, 2.24) is 5.32 Å². The average Bonchev–Trinajstić information content (AvgIpc) is 2.17. The van der Waals surface area contributed by atoms with E-state index in [-0.39, 0.29) is 11.7 Å². The van der Waals surface area contributed by atoms with E-state index in [1.807, 2.05) is 13.0 Å². The van der Waals surface area contributed by atoms with Gasteiger partial charge in [-0.25, -0.2) is 0 Å². The summed E-state index contributed by atoms with van der Waals surface area (Å²) in [5, 5.41) is 12.1. The molecule has 0 unspecified atom stereocenters. The number of carbonyl (C=O) groups excluding carboxylic acids is 1. The Labute approximate surface area is 77.4 Å². The molecule has 1 aromatic carbocycles. The third-order valence-corrected chi connectivity index (χ3v) is 1.97. The molecule has 0 aromatic heterocycles. The van der Waals surface area contributed by atoms with Crippen LogP contribution in [0.5, 0.6) is 5.75 Å². The molecule has 1 rings (SSSR count). The van der Waals surface area contributed by atoms with Gasteiger partial charge in [-0.2, -0.15) is 0 Å². The third-order valence-electron chi connectivity index (χ3n) is 1.97. The van der Waals surface area contributed by atoms with E-state index in [4.69, 9.17) is 0 Å². The van der Waals surface area contributed by atoms with Crippen molar-refractivity contribution in [3.63, 3.8) is 0 Å². The van der Waals surface area contributed by atoms with Crippen molar-refractivity contribution in [2.75, 3.05) is 7.05 Å². The Balaban J connectivity index is 3.15. The molecule has 3 heteroatoms. The lowest BCUT2D eigenvalue weighted by molar-refractivity contribution is 0.0960. The lowest BCUT2D eigenvalue weighted by Gasteiger charge is -2.06. The van der Waals surface area contributed by atoms with Crippen LogP contribution in [0.3, 0.4) is 0 Å². The summed E-state index contributed by atoms with van der Waals surface area (Å²) in [5.74, 6) is -0.169. The molecule has 0 heterocycles. The van der Waals surface area contributed by atoms with Gasteiger partial charge < -0.3 is 10.4 Å². The number of benzene rings is 1. The second-order valence-corrected chi connectivity index (χ2v) is 2.75. The van der Waals surface area contributed by atoms with Crippen molar-refractivity contribution in [2.45, 2.75) is 13.3 Å². The number of hydrogen-bond acceptors (Lipinski definition) is 2.